The number of ether oxygens (including phenoxy) is 1. The number of anilines is 1. The van der Waals surface area contributed by atoms with E-state index in [0.717, 1.165) is 5.82 Å². The molecule has 1 aliphatic carbocycles. The van der Waals surface area contributed by atoms with E-state index in [2.05, 4.69) is 47.9 Å². The minimum atomic E-state index is -0.328. The molecule has 27 heavy (non-hydrogen) atoms. The average Bonchev–Trinajstić information content (AvgIpc) is 3.43. The molecule has 4 rings (SSSR count). The molecule has 2 aliphatic rings. The summed E-state index contributed by atoms with van der Waals surface area (Å²) < 4.78 is 5.24. The molecule has 2 atom stereocenters. The third kappa shape index (κ3) is 3.80. The monoisotopic (exact) mass is 366 g/mol. The van der Waals surface area contributed by atoms with Crippen LogP contribution in [0, 0.1) is 5.92 Å². The summed E-state index contributed by atoms with van der Waals surface area (Å²) in [5.74, 6) is 2.57. The molecule has 1 aliphatic heterocycles. The molecular formula is C21H26N4O2. The van der Waals surface area contributed by atoms with Crippen molar-refractivity contribution >= 4 is 11.9 Å². The van der Waals surface area contributed by atoms with E-state index in [9.17, 15) is 4.79 Å². The van der Waals surface area contributed by atoms with Crippen molar-refractivity contribution in [2.75, 3.05) is 11.5 Å². The number of pyridine rings is 1. The lowest BCUT2D eigenvalue weighted by molar-refractivity contribution is 0.177. The summed E-state index contributed by atoms with van der Waals surface area (Å²) in [7, 11) is 0. The quantitative estimate of drug-likeness (QED) is 0.771. The maximum absolute atomic E-state index is 12.2. The Hall–Kier alpha value is -2.50. The second kappa shape index (κ2) is 7.25. The van der Waals surface area contributed by atoms with E-state index in [0.29, 0.717) is 30.7 Å². The summed E-state index contributed by atoms with van der Waals surface area (Å²) in [5.41, 5.74) is 2.39. The van der Waals surface area contributed by atoms with Crippen molar-refractivity contribution in [2.45, 2.75) is 57.9 Å². The second-order valence-electron chi connectivity index (χ2n) is 7.99. The third-order valence-corrected chi connectivity index (χ3v) is 5.48. The van der Waals surface area contributed by atoms with Gasteiger partial charge in [0, 0.05) is 30.4 Å². The minimum absolute atomic E-state index is 0.0110. The first kappa shape index (κ1) is 17.9. The highest BCUT2D eigenvalue weighted by Crippen LogP contribution is 2.39. The van der Waals surface area contributed by atoms with Gasteiger partial charge in [-0.3, -0.25) is 9.88 Å². The molecule has 6 nitrogen and oxygen atoms in total. The van der Waals surface area contributed by atoms with E-state index in [1.807, 2.05) is 6.20 Å². The first-order chi connectivity index (χ1) is 13.0. The summed E-state index contributed by atoms with van der Waals surface area (Å²) in [4.78, 5) is 27.5. The van der Waals surface area contributed by atoms with Gasteiger partial charge < -0.3 is 4.74 Å². The van der Waals surface area contributed by atoms with Crippen molar-refractivity contribution in [1.29, 1.82) is 0 Å². The number of carbonyl (C=O) groups is 1. The fraction of sp³-hybridized carbons (Fsp3) is 0.524. The zero-order valence-electron chi connectivity index (χ0n) is 16.1. The molecule has 2 aromatic rings. The highest BCUT2D eigenvalue weighted by atomic mass is 16.6. The Bertz CT molecular complexity index is 817. The maximum atomic E-state index is 12.2. The number of nitrogens with zero attached hydrogens (tertiary/aromatic N) is 4. The molecule has 0 unspecified atom stereocenters. The van der Waals surface area contributed by atoms with Crippen LogP contribution in [0.1, 0.15) is 62.5 Å². The molecule has 0 aromatic carbocycles. The number of cyclic esters (lactones) is 1. The largest absolute Gasteiger partial charge is 0.447 e. The van der Waals surface area contributed by atoms with Gasteiger partial charge in [0.25, 0.3) is 0 Å². The van der Waals surface area contributed by atoms with Crippen LogP contribution < -0.4 is 4.90 Å². The van der Waals surface area contributed by atoms with E-state index < -0.39 is 0 Å². The van der Waals surface area contributed by atoms with Crippen LogP contribution in [-0.2, 0) is 11.2 Å². The molecule has 142 valence electrons. The molecule has 1 saturated carbocycles. The SMILES string of the molecule is CC(C)[C@H]1COC(=O)N1c1ccnc(C[C@@H](C)c2ccc(C3CC3)nc2)n1. The normalized spacial score (nSPS) is 20.8. The zero-order valence-corrected chi connectivity index (χ0v) is 16.1. The predicted molar refractivity (Wildman–Crippen MR) is 103 cm³/mol. The summed E-state index contributed by atoms with van der Waals surface area (Å²) in [6, 6.07) is 6.11. The van der Waals surface area contributed by atoms with Crippen LogP contribution in [0.15, 0.2) is 30.6 Å². The molecule has 2 aromatic heterocycles. The number of hydrogen-bond donors (Lipinski definition) is 0. The van der Waals surface area contributed by atoms with E-state index in [4.69, 9.17) is 4.74 Å². The molecule has 2 fully saturated rings. The van der Waals surface area contributed by atoms with Gasteiger partial charge in [0.2, 0.25) is 0 Å². The van der Waals surface area contributed by atoms with E-state index in [-0.39, 0.29) is 18.1 Å². The van der Waals surface area contributed by atoms with Crippen molar-refractivity contribution in [2.24, 2.45) is 5.92 Å². The van der Waals surface area contributed by atoms with Gasteiger partial charge in [0.05, 0.1) is 6.04 Å². The highest BCUT2D eigenvalue weighted by Gasteiger charge is 2.37. The van der Waals surface area contributed by atoms with Crippen molar-refractivity contribution in [3.05, 3.63) is 47.7 Å². The summed E-state index contributed by atoms with van der Waals surface area (Å²) in [6.45, 7) is 6.74. The fourth-order valence-corrected chi connectivity index (χ4v) is 3.53. The Balaban J connectivity index is 1.49. The van der Waals surface area contributed by atoms with Gasteiger partial charge in [0.1, 0.15) is 18.2 Å². The first-order valence-electron chi connectivity index (χ1n) is 9.76. The van der Waals surface area contributed by atoms with Crippen LogP contribution in [0.4, 0.5) is 10.6 Å². The van der Waals surface area contributed by atoms with Gasteiger partial charge in [0.15, 0.2) is 0 Å². The van der Waals surface area contributed by atoms with Crippen LogP contribution in [0.25, 0.3) is 0 Å². The summed E-state index contributed by atoms with van der Waals surface area (Å²) >= 11 is 0. The van der Waals surface area contributed by atoms with Gasteiger partial charge in [-0.1, -0.05) is 26.8 Å². The number of rotatable bonds is 6. The molecule has 6 heteroatoms. The number of aromatic nitrogens is 3. The Kier molecular flexibility index (Phi) is 4.81. The van der Waals surface area contributed by atoms with E-state index in [1.165, 1.54) is 24.1 Å². The predicted octanol–water partition coefficient (Wildman–Crippen LogP) is 4.08. The molecular weight excluding hydrogens is 340 g/mol. The highest BCUT2D eigenvalue weighted by molar-refractivity contribution is 5.89. The molecule has 0 spiro atoms. The van der Waals surface area contributed by atoms with Gasteiger partial charge in [-0.2, -0.15) is 0 Å². The van der Waals surface area contributed by atoms with E-state index >= 15 is 0 Å². The van der Waals surface area contributed by atoms with Crippen molar-refractivity contribution in [1.82, 2.24) is 15.0 Å². The first-order valence-corrected chi connectivity index (χ1v) is 9.76. The minimum Gasteiger partial charge on any atom is -0.447 e. The lowest BCUT2D eigenvalue weighted by Gasteiger charge is -2.23. The van der Waals surface area contributed by atoms with Crippen LogP contribution in [0.3, 0.4) is 0 Å². The zero-order chi connectivity index (χ0) is 19.0. The van der Waals surface area contributed by atoms with Crippen molar-refractivity contribution in [3.8, 4) is 0 Å². The number of carbonyl (C=O) groups excluding carboxylic acids is 1. The van der Waals surface area contributed by atoms with Crippen molar-refractivity contribution in [3.63, 3.8) is 0 Å². The van der Waals surface area contributed by atoms with Crippen molar-refractivity contribution < 1.29 is 9.53 Å². The van der Waals surface area contributed by atoms with Crippen LogP contribution in [0.5, 0.6) is 0 Å². The number of amides is 1. The molecule has 0 bridgehead atoms. The molecule has 0 radical (unpaired) electrons. The number of hydrogen-bond acceptors (Lipinski definition) is 5. The van der Waals surface area contributed by atoms with Gasteiger partial charge in [-0.05, 0) is 42.4 Å². The Morgan fingerprint density at radius 1 is 1.19 bits per heavy atom. The van der Waals surface area contributed by atoms with Gasteiger partial charge in [-0.25, -0.2) is 14.8 Å². The molecule has 1 saturated heterocycles. The Morgan fingerprint density at radius 2 is 2.00 bits per heavy atom. The average molecular weight is 366 g/mol. The Labute approximate surface area is 160 Å². The molecule has 1 amide bonds. The molecule has 3 heterocycles. The fourth-order valence-electron chi connectivity index (χ4n) is 3.53. The van der Waals surface area contributed by atoms with E-state index in [1.54, 1.807) is 17.2 Å². The van der Waals surface area contributed by atoms with Crippen LogP contribution in [-0.4, -0.2) is 33.7 Å². The third-order valence-electron chi connectivity index (χ3n) is 5.48. The smallest absolute Gasteiger partial charge is 0.415 e. The summed E-state index contributed by atoms with van der Waals surface area (Å²) in [6.07, 6.45) is 6.60. The van der Waals surface area contributed by atoms with Crippen LogP contribution >= 0.6 is 0 Å². The van der Waals surface area contributed by atoms with Gasteiger partial charge in [-0.15, -0.1) is 0 Å². The summed E-state index contributed by atoms with van der Waals surface area (Å²) in [5, 5.41) is 0. The second-order valence-corrected chi connectivity index (χ2v) is 7.99. The standard InChI is InChI=1S/C21H26N4O2/c1-13(2)18-12-27-21(26)25(18)20-8-9-22-19(24-20)10-14(3)16-6-7-17(23-11-16)15-4-5-15/h6-9,11,13-15,18H,4-5,10,12H2,1-3H3/t14-,18-/m1/s1. The Morgan fingerprint density at radius 3 is 2.67 bits per heavy atom. The lowest BCUT2D eigenvalue weighted by Crippen LogP contribution is -2.37. The lowest BCUT2D eigenvalue weighted by atomic mass is 9.98. The maximum Gasteiger partial charge on any atom is 0.415 e. The van der Waals surface area contributed by atoms with Gasteiger partial charge >= 0.3 is 6.09 Å². The molecule has 0 N–H and O–H groups in total. The van der Waals surface area contributed by atoms with Crippen LogP contribution in [0.2, 0.25) is 0 Å². The topological polar surface area (TPSA) is 68.2 Å².